The van der Waals surface area contributed by atoms with Gasteiger partial charge in [0.2, 0.25) is 10.0 Å². The summed E-state index contributed by atoms with van der Waals surface area (Å²) >= 11 is 0. The predicted molar refractivity (Wildman–Crippen MR) is 105 cm³/mol. The zero-order valence-electron chi connectivity index (χ0n) is 16.7. The molecular weight excluding hydrogens is 381 g/mol. The van der Waals surface area contributed by atoms with Crippen molar-refractivity contribution in [1.29, 1.82) is 0 Å². The fourth-order valence-corrected chi connectivity index (χ4v) is 5.67. The van der Waals surface area contributed by atoms with Gasteiger partial charge in [-0.3, -0.25) is 4.79 Å². The van der Waals surface area contributed by atoms with Crippen molar-refractivity contribution in [2.45, 2.75) is 56.5 Å². The average Bonchev–Trinajstić information content (AvgIpc) is 2.69. The lowest BCUT2D eigenvalue weighted by Gasteiger charge is -2.35. The largest absolute Gasteiger partial charge is 0.348 e. The molecule has 2 N–H and O–H groups in total. The van der Waals surface area contributed by atoms with Gasteiger partial charge in [-0.25, -0.2) is 12.8 Å². The summed E-state index contributed by atoms with van der Waals surface area (Å²) in [7, 11) is -3.63. The molecule has 1 aromatic rings. The van der Waals surface area contributed by atoms with Gasteiger partial charge in [0, 0.05) is 6.04 Å². The maximum atomic E-state index is 13.1. The molecule has 28 heavy (non-hydrogen) atoms. The van der Waals surface area contributed by atoms with Crippen LogP contribution in [0.3, 0.4) is 0 Å². The summed E-state index contributed by atoms with van der Waals surface area (Å²) in [6.45, 7) is 5.98. The molecule has 1 aliphatic heterocycles. The number of carbonyl (C=O) groups is 1. The molecule has 0 radical (unpaired) electrons. The van der Waals surface area contributed by atoms with Gasteiger partial charge >= 0.3 is 0 Å². The zero-order chi connectivity index (χ0) is 20.3. The highest BCUT2D eigenvalue weighted by atomic mass is 32.2. The van der Waals surface area contributed by atoms with E-state index in [1.165, 1.54) is 22.9 Å². The average molecular weight is 413 g/mol. The van der Waals surface area contributed by atoms with Crippen LogP contribution in [0, 0.1) is 11.7 Å². The number of amides is 1. The number of halogens is 1. The number of piperazine rings is 1. The minimum absolute atomic E-state index is 0.0589. The molecule has 1 saturated heterocycles. The van der Waals surface area contributed by atoms with E-state index >= 15 is 0 Å². The Kier molecular flexibility index (Phi) is 6.73. The predicted octanol–water partition coefficient (Wildman–Crippen LogP) is 0.798. The fraction of sp³-hybridized carbons (Fsp3) is 0.650. The molecule has 2 fully saturated rings. The first-order valence-electron chi connectivity index (χ1n) is 10.2. The Balaban J connectivity index is 1.55. The second-order valence-electron chi connectivity index (χ2n) is 8.11. The molecule has 0 bridgehead atoms. The molecule has 1 aliphatic carbocycles. The topological polar surface area (TPSA) is 70.9 Å². The van der Waals surface area contributed by atoms with E-state index in [1.807, 2.05) is 6.92 Å². The summed E-state index contributed by atoms with van der Waals surface area (Å²) < 4.78 is 39.9. The molecule has 6 nitrogen and oxygen atoms in total. The van der Waals surface area contributed by atoms with Gasteiger partial charge in [-0.2, -0.15) is 4.31 Å². The maximum Gasteiger partial charge on any atom is 0.278 e. The van der Waals surface area contributed by atoms with Gasteiger partial charge in [-0.05, 0) is 49.9 Å². The van der Waals surface area contributed by atoms with E-state index in [2.05, 4.69) is 12.2 Å². The van der Waals surface area contributed by atoms with Crippen molar-refractivity contribution >= 4 is 15.9 Å². The molecule has 1 amide bonds. The number of nitrogens with one attached hydrogen (secondary N) is 2. The second-order valence-corrected chi connectivity index (χ2v) is 10.1. The monoisotopic (exact) mass is 412 g/mol. The number of rotatable bonds is 5. The Bertz CT molecular complexity index is 776. The molecule has 1 heterocycles. The molecule has 3 rings (SSSR count). The summed E-state index contributed by atoms with van der Waals surface area (Å²) in [4.78, 5) is 13.9. The van der Waals surface area contributed by atoms with E-state index in [-0.39, 0.29) is 22.9 Å². The van der Waals surface area contributed by atoms with Crippen molar-refractivity contribution in [2.75, 3.05) is 26.2 Å². The lowest BCUT2D eigenvalue weighted by molar-refractivity contribution is -0.917. The molecule has 0 aromatic heterocycles. The van der Waals surface area contributed by atoms with Crippen molar-refractivity contribution in [3.8, 4) is 0 Å². The third-order valence-corrected chi connectivity index (χ3v) is 8.17. The lowest BCUT2D eigenvalue weighted by Crippen LogP contribution is -3.19. The van der Waals surface area contributed by atoms with Crippen LogP contribution in [0.5, 0.6) is 0 Å². The highest BCUT2D eigenvalue weighted by molar-refractivity contribution is 7.89. The summed E-state index contributed by atoms with van der Waals surface area (Å²) in [5.41, 5.74) is 0. The van der Waals surface area contributed by atoms with Crippen LogP contribution in [-0.4, -0.2) is 56.9 Å². The summed E-state index contributed by atoms with van der Waals surface area (Å²) in [6.07, 6.45) is 4.60. The van der Waals surface area contributed by atoms with Crippen LogP contribution in [0.2, 0.25) is 0 Å². The van der Waals surface area contributed by atoms with Crippen LogP contribution in [-0.2, 0) is 14.8 Å². The van der Waals surface area contributed by atoms with Crippen LogP contribution < -0.4 is 10.2 Å². The Morgan fingerprint density at radius 1 is 1.18 bits per heavy atom. The van der Waals surface area contributed by atoms with Gasteiger partial charge in [-0.1, -0.05) is 19.8 Å². The molecule has 0 spiro atoms. The minimum atomic E-state index is -3.63. The standard InChI is InChI=1S/C20H30FN3O3S/c1-15-5-3-4-6-19(15)22-20(25)16(2)23-11-13-24(14-12-23)28(26,27)18-9-7-17(21)8-10-18/h7-10,15-16,19H,3-6,11-14H2,1-2H3,(H,22,25)/p+1/t15-,16-,19-/m1/s1. The first-order chi connectivity index (χ1) is 13.3. The SMILES string of the molecule is C[C@@H]1CCCC[C@H]1NC(=O)[C@@H](C)[NH+]1CCN(S(=O)(=O)c2ccc(F)cc2)CC1. The molecule has 2 aliphatic rings. The molecule has 156 valence electrons. The first kappa shape index (κ1) is 21.2. The first-order valence-corrected chi connectivity index (χ1v) is 11.6. The number of sulfonamides is 1. The van der Waals surface area contributed by atoms with Gasteiger partial charge in [0.25, 0.3) is 5.91 Å². The third-order valence-electron chi connectivity index (χ3n) is 6.26. The quantitative estimate of drug-likeness (QED) is 0.752. The number of hydrogen-bond acceptors (Lipinski definition) is 3. The van der Waals surface area contributed by atoms with Crippen LogP contribution in [0.1, 0.15) is 39.5 Å². The van der Waals surface area contributed by atoms with E-state index in [4.69, 9.17) is 0 Å². The fourth-order valence-electron chi connectivity index (χ4n) is 4.23. The lowest BCUT2D eigenvalue weighted by atomic mass is 9.86. The van der Waals surface area contributed by atoms with Crippen molar-refractivity contribution in [2.24, 2.45) is 5.92 Å². The van der Waals surface area contributed by atoms with Crippen LogP contribution >= 0.6 is 0 Å². The number of hydrogen-bond donors (Lipinski definition) is 2. The number of carbonyl (C=O) groups excluding carboxylic acids is 1. The van der Waals surface area contributed by atoms with E-state index in [0.29, 0.717) is 32.1 Å². The second kappa shape index (κ2) is 8.88. The van der Waals surface area contributed by atoms with E-state index in [1.54, 1.807) is 0 Å². The van der Waals surface area contributed by atoms with Gasteiger partial charge in [0.05, 0.1) is 31.1 Å². The van der Waals surface area contributed by atoms with Crippen molar-refractivity contribution < 1.29 is 22.5 Å². The van der Waals surface area contributed by atoms with Crippen molar-refractivity contribution in [3.05, 3.63) is 30.1 Å². The third kappa shape index (κ3) is 4.72. The normalized spacial score (nSPS) is 26.0. The Labute approximate surface area is 167 Å². The van der Waals surface area contributed by atoms with Crippen LogP contribution in [0.25, 0.3) is 0 Å². The molecular formula is C20H31FN3O3S+. The maximum absolute atomic E-state index is 13.1. The summed E-state index contributed by atoms with van der Waals surface area (Å²) in [6, 6.07) is 4.96. The Morgan fingerprint density at radius 3 is 2.39 bits per heavy atom. The number of nitrogens with zero attached hydrogens (tertiary/aromatic N) is 1. The highest BCUT2D eigenvalue weighted by Crippen LogP contribution is 2.23. The van der Waals surface area contributed by atoms with Crippen LogP contribution in [0.4, 0.5) is 4.39 Å². The minimum Gasteiger partial charge on any atom is -0.348 e. The van der Waals surface area contributed by atoms with Gasteiger partial charge in [-0.15, -0.1) is 0 Å². The zero-order valence-corrected chi connectivity index (χ0v) is 17.5. The van der Waals surface area contributed by atoms with Gasteiger partial charge in [0.1, 0.15) is 5.82 Å². The molecule has 1 saturated carbocycles. The molecule has 1 aromatic carbocycles. The number of benzene rings is 1. The van der Waals surface area contributed by atoms with E-state index in [0.717, 1.165) is 36.3 Å². The molecule has 0 unspecified atom stereocenters. The Morgan fingerprint density at radius 2 is 1.79 bits per heavy atom. The molecule has 3 atom stereocenters. The molecule has 8 heteroatoms. The van der Waals surface area contributed by atoms with Crippen molar-refractivity contribution in [3.63, 3.8) is 0 Å². The van der Waals surface area contributed by atoms with Crippen molar-refractivity contribution in [1.82, 2.24) is 9.62 Å². The van der Waals surface area contributed by atoms with Gasteiger partial charge in [0.15, 0.2) is 6.04 Å². The number of quaternary nitrogens is 1. The Hall–Kier alpha value is -1.51. The van der Waals surface area contributed by atoms with E-state index in [9.17, 15) is 17.6 Å². The summed E-state index contributed by atoms with van der Waals surface area (Å²) in [5.74, 6) is 0.113. The van der Waals surface area contributed by atoms with Gasteiger partial charge < -0.3 is 10.2 Å². The van der Waals surface area contributed by atoms with Crippen LogP contribution in [0.15, 0.2) is 29.2 Å². The highest BCUT2D eigenvalue weighted by Gasteiger charge is 2.35. The smallest absolute Gasteiger partial charge is 0.278 e. The van der Waals surface area contributed by atoms with E-state index < -0.39 is 15.8 Å². The summed E-state index contributed by atoms with van der Waals surface area (Å²) in [5, 5.41) is 3.21.